The number of nitro benzene ring substituents is 1. The zero-order valence-electron chi connectivity index (χ0n) is 11.5. The zero-order chi connectivity index (χ0) is 15.1. The van der Waals surface area contributed by atoms with Crippen LogP contribution in [-0.2, 0) is 0 Å². The third kappa shape index (κ3) is 3.72. The average Bonchev–Trinajstić information content (AvgIpc) is 2.45. The van der Waals surface area contributed by atoms with Crippen LogP contribution in [0.3, 0.4) is 0 Å². The van der Waals surface area contributed by atoms with Gasteiger partial charge in [0, 0.05) is 18.7 Å². The van der Waals surface area contributed by atoms with Crippen LogP contribution in [0, 0.1) is 22.5 Å². The summed E-state index contributed by atoms with van der Waals surface area (Å²) in [6.07, 6.45) is 6.94. The molecule has 0 aliphatic carbocycles. The van der Waals surface area contributed by atoms with E-state index >= 15 is 0 Å². The lowest BCUT2D eigenvalue weighted by atomic mass is 10.1. The summed E-state index contributed by atoms with van der Waals surface area (Å²) in [7, 11) is 1.50. The summed E-state index contributed by atoms with van der Waals surface area (Å²) in [5, 5.41) is 16.4. The highest BCUT2D eigenvalue weighted by atomic mass is 16.6. The standard InChI is InChI=1S/C14H17N3O3/c1-4-6-11(5-2)16-12-9-10(14(18)15-3)7-8-13(12)17(19)20/h2,7-9,11,16H,4,6H2,1,3H3,(H,15,18). The average molecular weight is 275 g/mol. The van der Waals surface area contributed by atoms with Crippen LogP contribution in [0.5, 0.6) is 0 Å². The second-order valence-corrected chi connectivity index (χ2v) is 4.22. The first-order chi connectivity index (χ1) is 9.53. The van der Waals surface area contributed by atoms with Crippen molar-refractivity contribution in [3.05, 3.63) is 33.9 Å². The van der Waals surface area contributed by atoms with Gasteiger partial charge in [-0.25, -0.2) is 0 Å². The van der Waals surface area contributed by atoms with Gasteiger partial charge in [-0.3, -0.25) is 14.9 Å². The van der Waals surface area contributed by atoms with E-state index in [-0.39, 0.29) is 23.3 Å². The van der Waals surface area contributed by atoms with E-state index in [4.69, 9.17) is 6.42 Å². The van der Waals surface area contributed by atoms with Gasteiger partial charge in [0.1, 0.15) is 5.69 Å². The highest BCUT2D eigenvalue weighted by Gasteiger charge is 2.18. The van der Waals surface area contributed by atoms with Crippen molar-refractivity contribution in [2.24, 2.45) is 0 Å². The molecule has 0 spiro atoms. The third-order valence-corrected chi connectivity index (χ3v) is 2.79. The molecule has 106 valence electrons. The Morgan fingerprint density at radius 2 is 2.25 bits per heavy atom. The number of terminal acetylenes is 1. The van der Waals surface area contributed by atoms with Crippen LogP contribution in [0.15, 0.2) is 18.2 Å². The van der Waals surface area contributed by atoms with Crippen LogP contribution in [0.1, 0.15) is 30.1 Å². The molecule has 1 unspecified atom stereocenters. The maximum absolute atomic E-state index is 11.6. The largest absolute Gasteiger partial charge is 0.366 e. The maximum atomic E-state index is 11.6. The van der Waals surface area contributed by atoms with Gasteiger partial charge in [0.15, 0.2) is 0 Å². The number of nitro groups is 1. The fourth-order valence-electron chi connectivity index (χ4n) is 1.77. The van der Waals surface area contributed by atoms with Crippen LogP contribution in [0.25, 0.3) is 0 Å². The summed E-state index contributed by atoms with van der Waals surface area (Å²) in [5.41, 5.74) is 0.495. The lowest BCUT2D eigenvalue weighted by Gasteiger charge is -2.14. The first kappa shape index (κ1) is 15.5. The van der Waals surface area contributed by atoms with Crippen LogP contribution in [0.4, 0.5) is 11.4 Å². The zero-order valence-corrected chi connectivity index (χ0v) is 11.5. The molecule has 1 aromatic carbocycles. The molecule has 0 saturated heterocycles. The van der Waals surface area contributed by atoms with E-state index in [1.165, 1.54) is 25.2 Å². The molecule has 2 N–H and O–H groups in total. The lowest BCUT2D eigenvalue weighted by Crippen LogP contribution is -2.20. The Kier molecular flexibility index (Phi) is 5.54. The molecule has 0 radical (unpaired) electrons. The number of rotatable bonds is 6. The van der Waals surface area contributed by atoms with E-state index < -0.39 is 4.92 Å². The van der Waals surface area contributed by atoms with Gasteiger partial charge in [0.2, 0.25) is 0 Å². The van der Waals surface area contributed by atoms with E-state index in [0.29, 0.717) is 12.0 Å². The Bertz CT molecular complexity index is 549. The van der Waals surface area contributed by atoms with Gasteiger partial charge in [-0.1, -0.05) is 19.3 Å². The van der Waals surface area contributed by atoms with E-state index in [0.717, 1.165) is 6.42 Å². The van der Waals surface area contributed by atoms with Gasteiger partial charge in [-0.15, -0.1) is 6.42 Å². The minimum absolute atomic E-state index is 0.103. The highest BCUT2D eigenvalue weighted by Crippen LogP contribution is 2.26. The minimum atomic E-state index is -0.504. The lowest BCUT2D eigenvalue weighted by molar-refractivity contribution is -0.384. The molecule has 6 nitrogen and oxygen atoms in total. The van der Waals surface area contributed by atoms with Crippen LogP contribution < -0.4 is 10.6 Å². The molecule has 0 fully saturated rings. The second-order valence-electron chi connectivity index (χ2n) is 4.22. The van der Waals surface area contributed by atoms with Crippen molar-refractivity contribution in [2.45, 2.75) is 25.8 Å². The first-order valence-electron chi connectivity index (χ1n) is 6.26. The number of benzene rings is 1. The van der Waals surface area contributed by atoms with Gasteiger partial charge in [-0.05, 0) is 18.6 Å². The van der Waals surface area contributed by atoms with Gasteiger partial charge in [0.25, 0.3) is 11.6 Å². The Morgan fingerprint density at radius 1 is 1.55 bits per heavy atom. The van der Waals surface area contributed by atoms with Crippen LogP contribution in [0.2, 0.25) is 0 Å². The van der Waals surface area contributed by atoms with Crippen molar-refractivity contribution in [3.63, 3.8) is 0 Å². The Balaban J connectivity index is 3.15. The maximum Gasteiger partial charge on any atom is 0.292 e. The Hall–Kier alpha value is -2.55. The summed E-state index contributed by atoms with van der Waals surface area (Å²) in [6, 6.07) is 3.84. The number of carbonyl (C=O) groups is 1. The van der Waals surface area contributed by atoms with Crippen LogP contribution in [-0.4, -0.2) is 23.9 Å². The number of hydrogen-bond donors (Lipinski definition) is 2. The molecule has 0 aliphatic rings. The number of amides is 1. The molecule has 20 heavy (non-hydrogen) atoms. The molecule has 1 aromatic rings. The smallest absolute Gasteiger partial charge is 0.292 e. The molecule has 0 saturated carbocycles. The number of carbonyl (C=O) groups excluding carboxylic acids is 1. The number of nitrogens with zero attached hydrogens (tertiary/aromatic N) is 1. The van der Waals surface area contributed by atoms with Gasteiger partial charge in [0.05, 0.1) is 11.0 Å². The van der Waals surface area contributed by atoms with Crippen molar-refractivity contribution >= 4 is 17.3 Å². The van der Waals surface area contributed by atoms with Crippen LogP contribution >= 0.6 is 0 Å². The molecule has 1 rings (SSSR count). The number of anilines is 1. The minimum Gasteiger partial charge on any atom is -0.366 e. The first-order valence-corrected chi connectivity index (χ1v) is 6.26. The van der Waals surface area contributed by atoms with E-state index in [1.807, 2.05) is 6.92 Å². The number of hydrogen-bond acceptors (Lipinski definition) is 4. The molecule has 0 aliphatic heterocycles. The Morgan fingerprint density at radius 3 is 2.75 bits per heavy atom. The Labute approximate surface area is 117 Å². The normalized spacial score (nSPS) is 11.2. The summed E-state index contributed by atoms with van der Waals surface area (Å²) in [6.45, 7) is 1.97. The highest BCUT2D eigenvalue weighted by molar-refractivity contribution is 5.95. The summed E-state index contributed by atoms with van der Waals surface area (Å²) < 4.78 is 0. The summed E-state index contributed by atoms with van der Waals surface area (Å²) in [4.78, 5) is 22.1. The topological polar surface area (TPSA) is 84.3 Å². The molecule has 6 heteroatoms. The SMILES string of the molecule is C#CC(CCC)Nc1cc(C(=O)NC)ccc1[N+](=O)[O-]. The van der Waals surface area contributed by atoms with E-state index in [2.05, 4.69) is 16.6 Å². The predicted octanol–water partition coefficient (Wildman–Crippen LogP) is 2.17. The fraction of sp³-hybridized carbons (Fsp3) is 0.357. The van der Waals surface area contributed by atoms with Gasteiger partial charge >= 0.3 is 0 Å². The fourth-order valence-corrected chi connectivity index (χ4v) is 1.77. The molecule has 0 heterocycles. The van der Waals surface area contributed by atoms with Crippen molar-refractivity contribution in [3.8, 4) is 12.3 Å². The quantitative estimate of drug-likeness (QED) is 0.473. The third-order valence-electron chi connectivity index (χ3n) is 2.79. The number of nitrogens with one attached hydrogen (secondary N) is 2. The summed E-state index contributed by atoms with van der Waals surface area (Å²) in [5.74, 6) is 2.24. The summed E-state index contributed by atoms with van der Waals surface area (Å²) >= 11 is 0. The van der Waals surface area contributed by atoms with E-state index in [1.54, 1.807) is 0 Å². The van der Waals surface area contributed by atoms with Crippen molar-refractivity contribution in [2.75, 3.05) is 12.4 Å². The van der Waals surface area contributed by atoms with Crippen molar-refractivity contribution < 1.29 is 9.72 Å². The predicted molar refractivity (Wildman–Crippen MR) is 77.6 cm³/mol. The molecule has 0 aromatic heterocycles. The molecular formula is C14H17N3O3. The van der Waals surface area contributed by atoms with Crippen molar-refractivity contribution in [1.82, 2.24) is 5.32 Å². The van der Waals surface area contributed by atoms with Gasteiger partial charge < -0.3 is 10.6 Å². The molecule has 0 bridgehead atoms. The van der Waals surface area contributed by atoms with Gasteiger partial charge in [-0.2, -0.15) is 0 Å². The van der Waals surface area contributed by atoms with E-state index in [9.17, 15) is 14.9 Å². The molecule has 1 amide bonds. The van der Waals surface area contributed by atoms with Crippen molar-refractivity contribution in [1.29, 1.82) is 0 Å². The second kappa shape index (κ2) is 7.14. The monoisotopic (exact) mass is 275 g/mol. The molecular weight excluding hydrogens is 258 g/mol. The molecule has 1 atom stereocenters.